The maximum atomic E-state index is 12.1. The van der Waals surface area contributed by atoms with Crippen molar-refractivity contribution >= 4 is 5.91 Å². The first kappa shape index (κ1) is 25.5. The van der Waals surface area contributed by atoms with Crippen LogP contribution >= 0.6 is 0 Å². The highest BCUT2D eigenvalue weighted by atomic mass is 79.9. The van der Waals surface area contributed by atoms with Gasteiger partial charge in [-0.15, -0.1) is 0 Å². The van der Waals surface area contributed by atoms with Gasteiger partial charge in [0.1, 0.15) is 18.8 Å². The quantitative estimate of drug-likeness (QED) is 0.270. The molecule has 0 aromatic heterocycles. The van der Waals surface area contributed by atoms with Gasteiger partial charge in [-0.05, 0) is 37.8 Å². The molecule has 2 bridgehead atoms. The number of quaternary nitrogens is 3. The number of allylic oxidation sites excluding steroid dienone is 2. The molecule has 5 nitrogen and oxygen atoms in total. The van der Waals surface area contributed by atoms with Gasteiger partial charge in [0, 0.05) is 6.08 Å². The molecule has 0 radical (unpaired) electrons. The van der Waals surface area contributed by atoms with Crippen LogP contribution in [-0.4, -0.2) is 62.9 Å². The lowest BCUT2D eigenvalue weighted by Crippen LogP contribution is -3.22. The number of hydrogen-bond donors (Lipinski definition) is 4. The maximum absolute atomic E-state index is 12.1. The first-order valence-electron chi connectivity index (χ1n) is 9.83. The number of fused-ring (bicyclic) bond motifs is 4. The molecule has 4 aliphatic heterocycles. The highest BCUT2D eigenvalue weighted by Crippen LogP contribution is 2.23. The van der Waals surface area contributed by atoms with Gasteiger partial charge in [-0.25, -0.2) is 9.69 Å². The molecular weight excluding hydrogens is 542 g/mol. The Morgan fingerprint density at radius 1 is 1.00 bits per heavy atom. The molecule has 5 atom stereocenters. The zero-order valence-electron chi connectivity index (χ0n) is 15.7. The van der Waals surface area contributed by atoms with Crippen molar-refractivity contribution in [2.75, 3.05) is 45.8 Å². The van der Waals surface area contributed by atoms with Crippen LogP contribution in [0.4, 0.5) is 0 Å². The molecule has 4 heterocycles. The Bertz CT molecular complexity index is 552. The zero-order chi connectivity index (χ0) is 16.5. The molecule has 0 saturated carbocycles. The standard InChI is InChI=1S/C19H29N3O2.3BrH/c23-17(13-20-7-2-1-3-8-20)14-21-10-15-9-16(12-21)18-5-4-6-19(24)22(18)11-15;;;/h4-6,15-17,23H,1-3,7-14H2;3*1H. The van der Waals surface area contributed by atoms with Gasteiger partial charge in [0.25, 0.3) is 0 Å². The van der Waals surface area contributed by atoms with Crippen molar-refractivity contribution in [2.24, 2.45) is 11.8 Å². The van der Waals surface area contributed by atoms with Crippen LogP contribution in [0.25, 0.3) is 0 Å². The second kappa shape index (κ2) is 11.6. The molecule has 156 valence electrons. The van der Waals surface area contributed by atoms with Crippen molar-refractivity contribution in [3.63, 3.8) is 0 Å². The van der Waals surface area contributed by atoms with Crippen molar-refractivity contribution in [1.29, 1.82) is 0 Å². The summed E-state index contributed by atoms with van der Waals surface area (Å²) in [6.45, 7) is 7.41. The molecule has 0 spiro atoms. The van der Waals surface area contributed by atoms with E-state index < -0.39 is 0 Å². The maximum Gasteiger partial charge on any atom is 0.341 e. The molecule has 4 aliphatic rings. The monoisotopic (exact) mass is 571 g/mol. The number of amides is 1. The van der Waals surface area contributed by atoms with E-state index in [1.54, 1.807) is 15.9 Å². The van der Waals surface area contributed by atoms with Crippen molar-refractivity contribution < 1.29 is 75.5 Å². The minimum atomic E-state index is -0.183. The smallest absolute Gasteiger partial charge is 0.341 e. The Hall–Kier alpha value is 0.430. The molecular formula is C19H32Br3N3O2. The van der Waals surface area contributed by atoms with Crippen LogP contribution in [-0.2, 0) is 4.79 Å². The summed E-state index contributed by atoms with van der Waals surface area (Å²) >= 11 is 0. The van der Waals surface area contributed by atoms with Gasteiger partial charge in [-0.2, -0.15) is 0 Å². The molecule has 3 fully saturated rings. The number of nitrogens with one attached hydrogen (secondary N) is 3. The summed E-state index contributed by atoms with van der Waals surface area (Å²) < 4.78 is 0. The van der Waals surface area contributed by atoms with E-state index in [9.17, 15) is 9.90 Å². The van der Waals surface area contributed by atoms with E-state index in [0.29, 0.717) is 11.8 Å². The highest BCUT2D eigenvalue weighted by Gasteiger charge is 2.46. The summed E-state index contributed by atoms with van der Waals surface area (Å²) in [5, 5.41) is 10.6. The van der Waals surface area contributed by atoms with Crippen LogP contribution in [0.15, 0.2) is 23.9 Å². The Kier molecular flexibility index (Phi) is 10.9. The van der Waals surface area contributed by atoms with E-state index in [2.05, 4.69) is 6.08 Å². The van der Waals surface area contributed by atoms with Crippen molar-refractivity contribution in [1.82, 2.24) is 0 Å². The van der Waals surface area contributed by atoms with Gasteiger partial charge < -0.3 is 65.9 Å². The van der Waals surface area contributed by atoms with Gasteiger partial charge in [-0.3, -0.25) is 0 Å². The van der Waals surface area contributed by atoms with Crippen LogP contribution in [0.2, 0.25) is 0 Å². The Labute approximate surface area is 194 Å². The lowest BCUT2D eigenvalue weighted by molar-refractivity contribution is -0.941. The van der Waals surface area contributed by atoms with E-state index in [1.165, 1.54) is 44.5 Å². The van der Waals surface area contributed by atoms with Gasteiger partial charge in [0.15, 0.2) is 6.10 Å². The first-order valence-corrected chi connectivity index (χ1v) is 9.83. The average Bonchev–Trinajstić information content (AvgIpc) is 2.56. The number of rotatable bonds is 4. The summed E-state index contributed by atoms with van der Waals surface area (Å²) in [7, 11) is 0. The molecule has 0 aliphatic carbocycles. The van der Waals surface area contributed by atoms with Gasteiger partial charge in [-0.1, -0.05) is 0 Å². The minimum absolute atomic E-state index is 0. The molecule has 4 N–H and O–H groups in total. The van der Waals surface area contributed by atoms with Gasteiger partial charge in [0.2, 0.25) is 0 Å². The first-order chi connectivity index (χ1) is 11.7. The fourth-order valence-electron chi connectivity index (χ4n) is 5.43. The van der Waals surface area contributed by atoms with Crippen LogP contribution in [0.1, 0.15) is 25.7 Å². The zero-order valence-corrected chi connectivity index (χ0v) is 20.5. The van der Waals surface area contributed by atoms with Crippen LogP contribution in [0, 0.1) is 11.8 Å². The largest absolute Gasteiger partial charge is 1.00 e. The third-order valence-corrected chi connectivity index (χ3v) is 6.44. The van der Waals surface area contributed by atoms with Crippen molar-refractivity contribution in [3.05, 3.63) is 23.9 Å². The number of aliphatic hydroxyl groups excluding tert-OH is 1. The number of carbonyl (C=O) groups excluding carboxylic acids is 1. The lowest BCUT2D eigenvalue weighted by atomic mass is 9.81. The number of piperidine rings is 3. The normalized spacial score (nSPS) is 33.5. The third kappa shape index (κ3) is 6.20. The predicted octanol–water partition coefficient (Wildman–Crippen LogP) is -12.2. The van der Waals surface area contributed by atoms with Gasteiger partial charge >= 0.3 is 5.91 Å². The lowest BCUT2D eigenvalue weighted by Gasteiger charge is -2.42. The average molecular weight is 574 g/mol. The van der Waals surface area contributed by atoms with E-state index in [4.69, 9.17) is 0 Å². The number of likely N-dealkylation sites (tertiary alicyclic amines) is 2. The number of hydrogen-bond acceptors (Lipinski definition) is 2. The summed E-state index contributed by atoms with van der Waals surface area (Å²) in [6, 6.07) is 0. The van der Waals surface area contributed by atoms with Crippen molar-refractivity contribution in [2.45, 2.75) is 31.8 Å². The van der Waals surface area contributed by atoms with Gasteiger partial charge in [0.05, 0.1) is 44.6 Å². The Morgan fingerprint density at radius 3 is 2.44 bits per heavy atom. The van der Waals surface area contributed by atoms with Crippen LogP contribution in [0.5, 0.6) is 0 Å². The summed E-state index contributed by atoms with van der Waals surface area (Å²) in [5.41, 5.74) is 1.30. The molecule has 4 rings (SSSR count). The second-order valence-electron chi connectivity index (χ2n) is 8.36. The minimum Gasteiger partial charge on any atom is -1.00 e. The fourth-order valence-corrected chi connectivity index (χ4v) is 5.43. The molecule has 0 aromatic rings. The predicted molar refractivity (Wildman–Crippen MR) is 90.6 cm³/mol. The molecule has 8 heteroatoms. The Balaban J connectivity index is 0.00000121. The summed E-state index contributed by atoms with van der Waals surface area (Å²) in [4.78, 5) is 16.3. The second-order valence-corrected chi connectivity index (χ2v) is 8.36. The third-order valence-electron chi connectivity index (χ3n) is 6.44. The highest BCUT2D eigenvalue weighted by molar-refractivity contribution is 5.81. The van der Waals surface area contributed by atoms with E-state index in [-0.39, 0.29) is 63.0 Å². The summed E-state index contributed by atoms with van der Waals surface area (Å²) in [6.07, 6.45) is 10.8. The summed E-state index contributed by atoms with van der Waals surface area (Å²) in [5.74, 6) is 1.38. The fraction of sp³-hybridized carbons (Fsp3) is 0.737. The molecule has 0 aromatic carbocycles. The molecule has 1 amide bonds. The molecule has 3 saturated heterocycles. The SMILES string of the molecule is O=C1C=CC=C2C3CC(C[NH+](CC(O)C[NH+]4CCCCC4)C3)C[NH+]12.[Br-].[Br-].[Br-]. The topological polar surface area (TPSA) is 50.6 Å². The van der Waals surface area contributed by atoms with Crippen molar-refractivity contribution in [3.8, 4) is 0 Å². The van der Waals surface area contributed by atoms with E-state index >= 15 is 0 Å². The van der Waals surface area contributed by atoms with Crippen LogP contribution < -0.4 is 65.6 Å². The van der Waals surface area contributed by atoms with E-state index in [1.807, 2.05) is 6.08 Å². The van der Waals surface area contributed by atoms with Crippen LogP contribution in [0.3, 0.4) is 0 Å². The Morgan fingerprint density at radius 2 is 1.70 bits per heavy atom. The number of aliphatic hydroxyl groups is 1. The molecule has 5 unspecified atom stereocenters. The number of carbonyl (C=O) groups is 1. The molecule has 27 heavy (non-hydrogen) atoms. The number of halogens is 3. The van der Waals surface area contributed by atoms with E-state index in [0.717, 1.165) is 37.6 Å².